The zero-order valence-electron chi connectivity index (χ0n) is 8.30. The predicted molar refractivity (Wildman–Crippen MR) is 53.1 cm³/mol. The molecule has 72 valence electrons. The molecule has 0 amide bonds. The van der Waals surface area contributed by atoms with E-state index < -0.39 is 0 Å². The van der Waals surface area contributed by atoms with Gasteiger partial charge in [-0.25, -0.2) is 4.79 Å². The number of allylic oxidation sites excluding steroid dienone is 1. The Labute approximate surface area is 80.0 Å². The van der Waals surface area contributed by atoms with Crippen molar-refractivity contribution >= 4 is 5.97 Å². The van der Waals surface area contributed by atoms with Gasteiger partial charge in [-0.2, -0.15) is 0 Å². The zero-order valence-corrected chi connectivity index (χ0v) is 8.30. The summed E-state index contributed by atoms with van der Waals surface area (Å²) in [7, 11) is 0. The standard InChI is InChI=1S/C11H16O2/c1-3-5-6-7-8-9-10-11(12)13-4-2/h9-10H,3-6H2,1-2H3/b10-9+. The van der Waals surface area contributed by atoms with Crippen molar-refractivity contribution in [1.29, 1.82) is 0 Å². The van der Waals surface area contributed by atoms with Crippen molar-refractivity contribution in [3.8, 4) is 11.8 Å². The molecule has 0 aliphatic heterocycles. The second kappa shape index (κ2) is 8.86. The molecule has 0 aliphatic carbocycles. The number of carbonyl (C=O) groups is 1. The van der Waals surface area contributed by atoms with Crippen LogP contribution in [-0.2, 0) is 9.53 Å². The first-order valence-corrected chi connectivity index (χ1v) is 4.63. The summed E-state index contributed by atoms with van der Waals surface area (Å²) in [6.45, 7) is 4.31. The lowest BCUT2D eigenvalue weighted by molar-refractivity contribution is -0.137. The van der Waals surface area contributed by atoms with E-state index in [1.54, 1.807) is 6.92 Å². The lowest BCUT2D eigenvalue weighted by Gasteiger charge is -1.91. The Morgan fingerprint density at radius 1 is 1.46 bits per heavy atom. The molecule has 2 nitrogen and oxygen atoms in total. The summed E-state index contributed by atoms with van der Waals surface area (Å²) in [5.41, 5.74) is 0. The highest BCUT2D eigenvalue weighted by Gasteiger charge is 1.89. The van der Waals surface area contributed by atoms with Gasteiger partial charge in [0.25, 0.3) is 0 Å². The molecule has 0 aromatic carbocycles. The molecule has 0 aliphatic rings. The average molecular weight is 180 g/mol. The van der Waals surface area contributed by atoms with Crippen molar-refractivity contribution in [3.05, 3.63) is 12.2 Å². The molecular formula is C11H16O2. The molecule has 0 heterocycles. The SMILES string of the molecule is CCCCC#C/C=C/C(=O)OCC. The van der Waals surface area contributed by atoms with E-state index in [0.29, 0.717) is 6.61 Å². The van der Waals surface area contributed by atoms with Crippen molar-refractivity contribution in [2.24, 2.45) is 0 Å². The van der Waals surface area contributed by atoms with Gasteiger partial charge in [-0.1, -0.05) is 25.2 Å². The van der Waals surface area contributed by atoms with Crippen LogP contribution in [0.25, 0.3) is 0 Å². The van der Waals surface area contributed by atoms with Crippen LogP contribution >= 0.6 is 0 Å². The van der Waals surface area contributed by atoms with Crippen LogP contribution < -0.4 is 0 Å². The first kappa shape index (κ1) is 11.8. The minimum atomic E-state index is -0.327. The largest absolute Gasteiger partial charge is 0.463 e. The van der Waals surface area contributed by atoms with Crippen LogP contribution in [0.4, 0.5) is 0 Å². The molecule has 0 spiro atoms. The van der Waals surface area contributed by atoms with Crippen LogP contribution in [0.2, 0.25) is 0 Å². The van der Waals surface area contributed by atoms with Gasteiger partial charge in [0.05, 0.1) is 6.61 Å². The Morgan fingerprint density at radius 2 is 2.23 bits per heavy atom. The van der Waals surface area contributed by atoms with E-state index in [2.05, 4.69) is 23.5 Å². The minimum Gasteiger partial charge on any atom is -0.463 e. The Balaban J connectivity index is 3.58. The lowest BCUT2D eigenvalue weighted by Crippen LogP contribution is -1.98. The van der Waals surface area contributed by atoms with E-state index >= 15 is 0 Å². The fourth-order valence-electron chi connectivity index (χ4n) is 0.696. The number of esters is 1. The minimum absolute atomic E-state index is 0.327. The second-order valence-electron chi connectivity index (χ2n) is 2.51. The first-order valence-electron chi connectivity index (χ1n) is 4.63. The predicted octanol–water partition coefficient (Wildman–Crippen LogP) is 2.30. The van der Waals surface area contributed by atoms with Gasteiger partial charge in [-0.3, -0.25) is 0 Å². The fraction of sp³-hybridized carbons (Fsp3) is 0.545. The highest BCUT2D eigenvalue weighted by molar-refractivity contribution is 5.82. The van der Waals surface area contributed by atoms with Crippen LogP contribution in [0, 0.1) is 11.8 Å². The fourth-order valence-corrected chi connectivity index (χ4v) is 0.696. The van der Waals surface area contributed by atoms with E-state index in [-0.39, 0.29) is 5.97 Å². The highest BCUT2D eigenvalue weighted by atomic mass is 16.5. The lowest BCUT2D eigenvalue weighted by atomic mass is 10.2. The van der Waals surface area contributed by atoms with Crippen LogP contribution in [-0.4, -0.2) is 12.6 Å². The van der Waals surface area contributed by atoms with Crippen LogP contribution in [0.3, 0.4) is 0 Å². The second-order valence-corrected chi connectivity index (χ2v) is 2.51. The third-order valence-corrected chi connectivity index (χ3v) is 1.35. The average Bonchev–Trinajstić information content (AvgIpc) is 2.11. The van der Waals surface area contributed by atoms with Crippen molar-refractivity contribution < 1.29 is 9.53 Å². The molecule has 0 unspecified atom stereocenters. The summed E-state index contributed by atoms with van der Waals surface area (Å²) >= 11 is 0. The Hall–Kier alpha value is -1.23. The molecule has 0 fully saturated rings. The summed E-state index contributed by atoms with van der Waals surface area (Å²) in [6.07, 6.45) is 6.04. The molecule has 0 saturated heterocycles. The number of carbonyl (C=O) groups excluding carboxylic acids is 1. The number of ether oxygens (including phenoxy) is 1. The van der Waals surface area contributed by atoms with Crippen molar-refractivity contribution in [1.82, 2.24) is 0 Å². The van der Waals surface area contributed by atoms with Crippen LogP contribution in [0.5, 0.6) is 0 Å². The summed E-state index contributed by atoms with van der Waals surface area (Å²) in [6, 6.07) is 0. The summed E-state index contributed by atoms with van der Waals surface area (Å²) in [5, 5.41) is 0. The van der Waals surface area contributed by atoms with Gasteiger partial charge < -0.3 is 4.74 Å². The molecule has 2 heteroatoms. The Kier molecular flexibility index (Phi) is 8.02. The van der Waals surface area contributed by atoms with Gasteiger partial charge in [0.1, 0.15) is 0 Å². The van der Waals surface area contributed by atoms with E-state index in [1.165, 1.54) is 12.2 Å². The topological polar surface area (TPSA) is 26.3 Å². The summed E-state index contributed by atoms with van der Waals surface area (Å²) < 4.78 is 4.68. The van der Waals surface area contributed by atoms with Crippen molar-refractivity contribution in [2.45, 2.75) is 33.1 Å². The van der Waals surface area contributed by atoms with Gasteiger partial charge in [-0.05, 0) is 19.4 Å². The normalized spacial score (nSPS) is 9.38. The van der Waals surface area contributed by atoms with E-state index in [4.69, 9.17) is 0 Å². The van der Waals surface area contributed by atoms with E-state index in [1.807, 2.05) is 0 Å². The molecule has 13 heavy (non-hydrogen) atoms. The maximum atomic E-state index is 10.8. The molecule has 0 saturated carbocycles. The van der Waals surface area contributed by atoms with Gasteiger partial charge >= 0.3 is 5.97 Å². The first-order chi connectivity index (χ1) is 6.31. The van der Waals surface area contributed by atoms with E-state index in [0.717, 1.165) is 19.3 Å². The van der Waals surface area contributed by atoms with Gasteiger partial charge in [-0.15, -0.1) is 0 Å². The van der Waals surface area contributed by atoms with Gasteiger partial charge in [0.15, 0.2) is 0 Å². The molecule has 0 radical (unpaired) electrons. The van der Waals surface area contributed by atoms with Crippen molar-refractivity contribution in [2.75, 3.05) is 6.61 Å². The Bertz CT molecular complexity index is 218. The number of unbranched alkanes of at least 4 members (excludes halogenated alkanes) is 2. The smallest absolute Gasteiger partial charge is 0.331 e. The maximum Gasteiger partial charge on any atom is 0.331 e. The summed E-state index contributed by atoms with van der Waals surface area (Å²) in [5.74, 6) is 5.39. The molecule has 0 N–H and O–H groups in total. The van der Waals surface area contributed by atoms with Crippen LogP contribution in [0.15, 0.2) is 12.2 Å². The molecular weight excluding hydrogens is 164 g/mol. The van der Waals surface area contributed by atoms with Gasteiger partial charge in [0.2, 0.25) is 0 Å². The third kappa shape index (κ3) is 8.68. The molecule has 0 atom stereocenters. The monoisotopic (exact) mass is 180 g/mol. The van der Waals surface area contributed by atoms with E-state index in [9.17, 15) is 4.79 Å². The third-order valence-electron chi connectivity index (χ3n) is 1.35. The molecule has 0 rings (SSSR count). The highest BCUT2D eigenvalue weighted by Crippen LogP contribution is 1.90. The van der Waals surface area contributed by atoms with Crippen molar-refractivity contribution in [3.63, 3.8) is 0 Å². The van der Waals surface area contributed by atoms with Gasteiger partial charge in [0, 0.05) is 12.5 Å². The Morgan fingerprint density at radius 3 is 2.85 bits per heavy atom. The van der Waals surface area contributed by atoms with Crippen LogP contribution in [0.1, 0.15) is 33.1 Å². The molecule has 0 bridgehead atoms. The number of hydrogen-bond donors (Lipinski definition) is 0. The summed E-state index contributed by atoms with van der Waals surface area (Å²) in [4.78, 5) is 10.8. The molecule has 0 aromatic heterocycles. The quantitative estimate of drug-likeness (QED) is 0.287. The molecule has 0 aromatic rings. The maximum absolute atomic E-state index is 10.8. The number of hydrogen-bond acceptors (Lipinski definition) is 2. The zero-order chi connectivity index (χ0) is 9.94. The number of rotatable bonds is 4.